The summed E-state index contributed by atoms with van der Waals surface area (Å²) in [6.45, 7) is 8.20. The third-order valence-electron chi connectivity index (χ3n) is 2.41. The molecule has 0 aromatic rings. The monoisotopic (exact) mass is 272 g/mol. The summed E-state index contributed by atoms with van der Waals surface area (Å²) in [5, 5.41) is 0. The van der Waals surface area contributed by atoms with Gasteiger partial charge in [0, 0.05) is 33.1 Å². The van der Waals surface area contributed by atoms with Crippen LogP contribution in [-0.2, 0) is 18.9 Å². The summed E-state index contributed by atoms with van der Waals surface area (Å²) in [7, 11) is 3.60. The molecule has 19 heavy (non-hydrogen) atoms. The quantitative estimate of drug-likeness (QED) is 0.479. The topological polar surface area (TPSA) is 43.4 Å². The molecule has 0 unspecified atom stereocenters. The second kappa shape index (κ2) is 11.0. The second-order valence-electron chi connectivity index (χ2n) is 4.03. The molecule has 0 amide bonds. The molecule has 0 saturated heterocycles. The Balaban J connectivity index is 1.73. The van der Waals surface area contributed by atoms with E-state index in [-0.39, 0.29) is 0 Å². The van der Waals surface area contributed by atoms with E-state index in [4.69, 9.17) is 18.9 Å². The highest BCUT2D eigenvalue weighted by Gasteiger charge is 2.09. The van der Waals surface area contributed by atoms with Gasteiger partial charge in [-0.25, -0.2) is 0 Å². The van der Waals surface area contributed by atoms with Crippen molar-refractivity contribution in [2.45, 2.75) is 0 Å². The molecule has 110 valence electrons. The molecule has 0 spiro atoms. The Hall–Kier alpha value is -0.820. The normalized spacial score (nSPS) is 14.6. The molecule has 0 aromatic heterocycles. The first-order valence-electron chi connectivity index (χ1n) is 6.49. The lowest BCUT2D eigenvalue weighted by Crippen LogP contribution is -2.21. The van der Waals surface area contributed by atoms with Gasteiger partial charge in [-0.2, -0.15) is 0 Å². The average molecular weight is 272 g/mol. The van der Waals surface area contributed by atoms with Crippen LogP contribution in [0, 0.1) is 6.67 Å². The summed E-state index contributed by atoms with van der Waals surface area (Å²) in [5.74, 6) is 0. The Morgan fingerprint density at radius 1 is 0.842 bits per heavy atom. The van der Waals surface area contributed by atoms with Crippen LogP contribution in [0.2, 0.25) is 0 Å². The van der Waals surface area contributed by atoms with Crippen molar-refractivity contribution in [3.8, 4) is 0 Å². The number of nitrogens with zero attached hydrogens (tertiary/aromatic N) is 2. The van der Waals surface area contributed by atoms with Gasteiger partial charge in [-0.1, -0.05) is 0 Å². The Kier molecular flexibility index (Phi) is 9.44. The summed E-state index contributed by atoms with van der Waals surface area (Å²) in [6, 6.07) is 0. The van der Waals surface area contributed by atoms with E-state index in [0.29, 0.717) is 46.2 Å². The van der Waals surface area contributed by atoms with Gasteiger partial charge >= 0.3 is 0 Å². The number of hydrogen-bond donors (Lipinski definition) is 0. The molecule has 0 bridgehead atoms. The molecule has 0 N–H and O–H groups in total. The highest BCUT2D eigenvalue weighted by molar-refractivity contribution is 4.94. The molecular weight excluding hydrogens is 248 g/mol. The van der Waals surface area contributed by atoms with Crippen molar-refractivity contribution < 1.29 is 18.9 Å². The SMILES string of the molecule is COCCOCCOCCOCCN1[C]N(C)C=C1. The van der Waals surface area contributed by atoms with Crippen molar-refractivity contribution in [3.63, 3.8) is 0 Å². The molecule has 6 nitrogen and oxygen atoms in total. The summed E-state index contributed by atoms with van der Waals surface area (Å²) in [5.41, 5.74) is 0. The molecule has 1 aliphatic heterocycles. The van der Waals surface area contributed by atoms with Gasteiger partial charge in [0.25, 0.3) is 0 Å². The number of rotatable bonds is 12. The first kappa shape index (κ1) is 16.2. The average Bonchev–Trinajstić information content (AvgIpc) is 2.82. The lowest BCUT2D eigenvalue weighted by molar-refractivity contribution is 0.00252. The molecule has 0 fully saturated rings. The Labute approximate surface area is 115 Å². The third kappa shape index (κ3) is 8.83. The predicted molar refractivity (Wildman–Crippen MR) is 71.2 cm³/mol. The summed E-state index contributed by atoms with van der Waals surface area (Å²) in [6.07, 6.45) is 3.92. The van der Waals surface area contributed by atoms with Crippen molar-refractivity contribution in [3.05, 3.63) is 19.1 Å². The first-order chi connectivity index (χ1) is 9.33. The standard InChI is InChI=1S/C13H24N2O4/c1-14-3-4-15(13-14)5-6-17-9-10-19-12-11-18-8-7-16-2/h3-4H,5-12H2,1-2H3. The lowest BCUT2D eigenvalue weighted by atomic mass is 10.6. The van der Waals surface area contributed by atoms with Crippen molar-refractivity contribution in [2.75, 3.05) is 67.0 Å². The van der Waals surface area contributed by atoms with Gasteiger partial charge in [-0.3, -0.25) is 0 Å². The Bertz CT molecular complexity index is 239. The van der Waals surface area contributed by atoms with Crippen molar-refractivity contribution in [1.29, 1.82) is 0 Å². The van der Waals surface area contributed by atoms with Crippen LogP contribution in [0.4, 0.5) is 0 Å². The van der Waals surface area contributed by atoms with Crippen molar-refractivity contribution >= 4 is 0 Å². The van der Waals surface area contributed by atoms with E-state index in [1.54, 1.807) is 7.11 Å². The number of methoxy groups -OCH3 is 1. The molecule has 0 saturated carbocycles. The van der Waals surface area contributed by atoms with Crippen LogP contribution >= 0.6 is 0 Å². The minimum absolute atomic E-state index is 0.592. The Morgan fingerprint density at radius 2 is 1.42 bits per heavy atom. The molecule has 0 aliphatic carbocycles. The van der Waals surface area contributed by atoms with Crippen LogP contribution in [0.3, 0.4) is 0 Å². The van der Waals surface area contributed by atoms with Crippen molar-refractivity contribution in [1.82, 2.24) is 9.80 Å². The number of ether oxygens (including phenoxy) is 4. The van der Waals surface area contributed by atoms with E-state index in [2.05, 4.69) is 6.67 Å². The fourth-order valence-corrected chi connectivity index (χ4v) is 1.42. The maximum Gasteiger partial charge on any atom is 0.207 e. The zero-order chi connectivity index (χ0) is 13.8. The van der Waals surface area contributed by atoms with Crippen LogP contribution < -0.4 is 0 Å². The Morgan fingerprint density at radius 3 is 1.95 bits per heavy atom. The molecule has 0 aromatic carbocycles. The molecule has 1 rings (SSSR count). The summed E-state index contributed by atoms with van der Waals surface area (Å²) in [4.78, 5) is 3.84. The highest BCUT2D eigenvalue weighted by Crippen LogP contribution is 2.06. The fraction of sp³-hybridized carbons (Fsp3) is 0.769. The summed E-state index contributed by atoms with van der Waals surface area (Å²) >= 11 is 0. The maximum absolute atomic E-state index is 5.46. The molecule has 2 radical (unpaired) electrons. The van der Waals surface area contributed by atoms with Crippen LogP contribution in [0.5, 0.6) is 0 Å². The molecule has 1 aliphatic rings. The number of hydrogen-bond acceptors (Lipinski definition) is 6. The molecule has 1 heterocycles. The minimum atomic E-state index is 0.592. The van der Waals surface area contributed by atoms with E-state index in [0.717, 1.165) is 6.54 Å². The van der Waals surface area contributed by atoms with Gasteiger partial charge in [-0.15, -0.1) is 0 Å². The van der Waals surface area contributed by atoms with Crippen LogP contribution in [0.1, 0.15) is 0 Å². The van der Waals surface area contributed by atoms with Gasteiger partial charge in [0.1, 0.15) is 0 Å². The van der Waals surface area contributed by atoms with Gasteiger partial charge in [0.2, 0.25) is 6.67 Å². The van der Waals surface area contributed by atoms with E-state index in [1.807, 2.05) is 29.2 Å². The molecular formula is C13H24N2O4. The first-order valence-corrected chi connectivity index (χ1v) is 6.49. The lowest BCUT2D eigenvalue weighted by Gasteiger charge is -2.15. The van der Waals surface area contributed by atoms with Gasteiger partial charge in [0.15, 0.2) is 0 Å². The maximum atomic E-state index is 5.46. The van der Waals surface area contributed by atoms with Crippen LogP contribution in [0.25, 0.3) is 0 Å². The smallest absolute Gasteiger partial charge is 0.207 e. The minimum Gasteiger partial charge on any atom is -0.382 e. The van der Waals surface area contributed by atoms with Crippen molar-refractivity contribution in [2.24, 2.45) is 0 Å². The molecule has 0 atom stereocenters. The zero-order valence-electron chi connectivity index (χ0n) is 11.8. The van der Waals surface area contributed by atoms with E-state index >= 15 is 0 Å². The zero-order valence-corrected chi connectivity index (χ0v) is 11.8. The predicted octanol–water partition coefficient (Wildman–Crippen LogP) is 0.397. The van der Waals surface area contributed by atoms with E-state index < -0.39 is 0 Å². The van der Waals surface area contributed by atoms with Crippen LogP contribution in [0.15, 0.2) is 12.4 Å². The van der Waals surface area contributed by atoms with Gasteiger partial charge in [-0.05, 0) is 0 Å². The van der Waals surface area contributed by atoms with E-state index in [1.165, 1.54) is 0 Å². The largest absolute Gasteiger partial charge is 0.382 e. The van der Waals surface area contributed by atoms with Crippen LogP contribution in [-0.4, -0.2) is 76.8 Å². The second-order valence-corrected chi connectivity index (χ2v) is 4.03. The van der Waals surface area contributed by atoms with Gasteiger partial charge < -0.3 is 28.7 Å². The highest BCUT2D eigenvalue weighted by atomic mass is 16.6. The summed E-state index contributed by atoms with van der Waals surface area (Å²) < 4.78 is 20.9. The molecule has 6 heteroatoms. The fourth-order valence-electron chi connectivity index (χ4n) is 1.42. The third-order valence-corrected chi connectivity index (χ3v) is 2.41. The van der Waals surface area contributed by atoms with E-state index in [9.17, 15) is 0 Å². The van der Waals surface area contributed by atoms with Gasteiger partial charge in [0.05, 0.1) is 46.2 Å².